The van der Waals surface area contributed by atoms with Crippen LogP contribution in [0.3, 0.4) is 0 Å². The lowest BCUT2D eigenvalue weighted by Gasteiger charge is -2.31. The number of halogens is 1. The van der Waals surface area contributed by atoms with Crippen LogP contribution in [0.2, 0.25) is 0 Å². The number of carbonyl (C=O) groups is 1. The highest BCUT2D eigenvalue weighted by Crippen LogP contribution is 2.18. The first kappa shape index (κ1) is 21.2. The van der Waals surface area contributed by atoms with Crippen LogP contribution < -0.4 is 10.6 Å². The number of amides is 1. The molecule has 0 saturated carbocycles. The highest BCUT2D eigenvalue weighted by molar-refractivity contribution is 14.0. The molecule has 0 aliphatic carbocycles. The van der Waals surface area contributed by atoms with Crippen molar-refractivity contribution in [3.8, 4) is 0 Å². The number of guanidine groups is 1. The first-order chi connectivity index (χ1) is 12.7. The fourth-order valence-electron chi connectivity index (χ4n) is 3.34. The van der Waals surface area contributed by atoms with E-state index in [0.717, 1.165) is 44.0 Å². The van der Waals surface area contributed by atoms with Crippen molar-refractivity contribution in [2.24, 2.45) is 4.99 Å². The van der Waals surface area contributed by atoms with Crippen molar-refractivity contribution in [3.63, 3.8) is 0 Å². The van der Waals surface area contributed by atoms with Gasteiger partial charge in [0.2, 0.25) is 0 Å². The van der Waals surface area contributed by atoms with E-state index in [4.69, 9.17) is 0 Å². The molecular weight excluding hydrogens is 451 g/mol. The largest absolute Gasteiger partial charge is 0.356 e. The molecule has 3 rings (SSSR count). The molecule has 5 nitrogen and oxygen atoms in total. The monoisotopic (exact) mass is 478 g/mol. The van der Waals surface area contributed by atoms with Crippen molar-refractivity contribution >= 4 is 35.8 Å². The predicted octanol–water partition coefficient (Wildman–Crippen LogP) is 2.84. The Labute approximate surface area is 178 Å². The average molecular weight is 478 g/mol. The molecule has 0 spiro atoms. The van der Waals surface area contributed by atoms with Gasteiger partial charge in [0.25, 0.3) is 5.91 Å². The van der Waals surface area contributed by atoms with Gasteiger partial charge < -0.3 is 15.5 Å². The summed E-state index contributed by atoms with van der Waals surface area (Å²) < 4.78 is 0. The summed E-state index contributed by atoms with van der Waals surface area (Å²) >= 11 is 0. The van der Waals surface area contributed by atoms with Crippen LogP contribution in [0, 0.1) is 0 Å². The third kappa shape index (κ3) is 5.45. The fourth-order valence-corrected chi connectivity index (χ4v) is 3.34. The second-order valence-electron chi connectivity index (χ2n) is 6.44. The minimum atomic E-state index is -0.0531. The predicted molar refractivity (Wildman–Crippen MR) is 121 cm³/mol. The van der Waals surface area contributed by atoms with E-state index in [1.165, 1.54) is 11.1 Å². The van der Waals surface area contributed by atoms with Crippen LogP contribution in [-0.4, -0.2) is 44.0 Å². The zero-order valence-electron chi connectivity index (χ0n) is 15.9. The second kappa shape index (κ2) is 10.3. The van der Waals surface area contributed by atoms with E-state index in [0.29, 0.717) is 5.56 Å². The summed E-state index contributed by atoms with van der Waals surface area (Å²) in [6.07, 6.45) is 1.89. The van der Waals surface area contributed by atoms with Gasteiger partial charge in [0, 0.05) is 39.3 Å². The quantitative estimate of drug-likeness (QED) is 0.404. The molecule has 2 aromatic carbocycles. The molecule has 2 N–H and O–H groups in total. The molecule has 0 unspecified atom stereocenters. The van der Waals surface area contributed by atoms with Gasteiger partial charge in [0.1, 0.15) is 0 Å². The normalized spacial score (nSPS) is 13.4. The number of nitrogens with zero attached hydrogens (tertiary/aromatic N) is 2. The second-order valence-corrected chi connectivity index (χ2v) is 6.44. The van der Waals surface area contributed by atoms with E-state index in [9.17, 15) is 4.79 Å². The van der Waals surface area contributed by atoms with E-state index >= 15 is 0 Å². The number of hydrogen-bond donors (Lipinski definition) is 2. The lowest BCUT2D eigenvalue weighted by Crippen LogP contribution is -2.44. The van der Waals surface area contributed by atoms with Crippen LogP contribution in [0.25, 0.3) is 0 Å². The molecule has 0 atom stereocenters. The van der Waals surface area contributed by atoms with Gasteiger partial charge in [0.05, 0.1) is 0 Å². The van der Waals surface area contributed by atoms with Gasteiger partial charge in [-0.15, -0.1) is 24.0 Å². The minimum Gasteiger partial charge on any atom is -0.356 e. The van der Waals surface area contributed by atoms with Crippen molar-refractivity contribution in [3.05, 3.63) is 70.8 Å². The SMILES string of the molecule is CN=C(NCCc1cccc(C(=O)NC)c1)N1CCc2ccccc2C1.I. The van der Waals surface area contributed by atoms with Gasteiger partial charge in [-0.05, 0) is 41.7 Å². The number of carbonyl (C=O) groups excluding carboxylic acids is 1. The first-order valence-electron chi connectivity index (χ1n) is 9.04. The van der Waals surface area contributed by atoms with Crippen molar-refractivity contribution in [2.45, 2.75) is 19.4 Å². The van der Waals surface area contributed by atoms with Crippen molar-refractivity contribution < 1.29 is 4.79 Å². The first-order valence-corrected chi connectivity index (χ1v) is 9.04. The Balaban J connectivity index is 0.00000261. The van der Waals surface area contributed by atoms with Gasteiger partial charge in [0.15, 0.2) is 5.96 Å². The van der Waals surface area contributed by atoms with Crippen molar-refractivity contribution in [1.29, 1.82) is 0 Å². The molecule has 1 aliphatic heterocycles. The minimum absolute atomic E-state index is 0. The van der Waals surface area contributed by atoms with E-state index in [-0.39, 0.29) is 29.9 Å². The summed E-state index contributed by atoms with van der Waals surface area (Å²) in [6.45, 7) is 2.65. The van der Waals surface area contributed by atoms with Crippen LogP contribution in [0.5, 0.6) is 0 Å². The van der Waals surface area contributed by atoms with Crippen LogP contribution in [0.1, 0.15) is 27.0 Å². The highest BCUT2D eigenvalue weighted by atomic mass is 127. The molecule has 1 amide bonds. The maximum absolute atomic E-state index is 11.7. The van der Waals surface area contributed by atoms with Crippen LogP contribution >= 0.6 is 24.0 Å². The Kier molecular flexibility index (Phi) is 8.09. The summed E-state index contributed by atoms with van der Waals surface area (Å²) in [5, 5.41) is 6.12. The zero-order valence-corrected chi connectivity index (χ0v) is 18.2. The van der Waals surface area contributed by atoms with E-state index < -0.39 is 0 Å². The Bertz CT molecular complexity index is 806. The third-order valence-corrected chi connectivity index (χ3v) is 4.76. The summed E-state index contributed by atoms with van der Waals surface area (Å²) in [5.41, 5.74) is 4.64. The number of benzene rings is 2. The molecule has 6 heteroatoms. The van der Waals surface area contributed by atoms with E-state index in [1.807, 2.05) is 31.3 Å². The molecule has 0 radical (unpaired) electrons. The number of fused-ring (bicyclic) bond motifs is 1. The molecule has 144 valence electrons. The molecule has 1 aliphatic rings. The lowest BCUT2D eigenvalue weighted by molar-refractivity contribution is 0.0963. The molecule has 0 aromatic heterocycles. The van der Waals surface area contributed by atoms with Gasteiger partial charge in [-0.3, -0.25) is 9.79 Å². The molecule has 0 saturated heterocycles. The zero-order chi connectivity index (χ0) is 18.4. The van der Waals surface area contributed by atoms with E-state index in [2.05, 4.69) is 44.8 Å². The maximum atomic E-state index is 11.7. The molecule has 0 fully saturated rings. The summed E-state index contributed by atoms with van der Waals surface area (Å²) in [7, 11) is 3.48. The van der Waals surface area contributed by atoms with Crippen LogP contribution in [0.4, 0.5) is 0 Å². The molecular formula is C21H27IN4O. The fraction of sp³-hybridized carbons (Fsp3) is 0.333. The van der Waals surface area contributed by atoms with Gasteiger partial charge >= 0.3 is 0 Å². The molecule has 0 bridgehead atoms. The smallest absolute Gasteiger partial charge is 0.251 e. The van der Waals surface area contributed by atoms with Gasteiger partial charge in [-0.2, -0.15) is 0 Å². The molecule has 1 heterocycles. The summed E-state index contributed by atoms with van der Waals surface area (Å²) in [6, 6.07) is 16.4. The summed E-state index contributed by atoms with van der Waals surface area (Å²) in [4.78, 5) is 18.5. The standard InChI is InChI=1S/C21H26N4O.HI/c1-22-20(26)18-9-5-6-16(14-18)10-12-24-21(23-2)25-13-11-17-7-3-4-8-19(17)15-25;/h3-9,14H,10-13,15H2,1-2H3,(H,22,26)(H,23,24);1H. The Hall–Kier alpha value is -2.09. The summed E-state index contributed by atoms with van der Waals surface area (Å²) in [5.74, 6) is 0.879. The number of hydrogen-bond acceptors (Lipinski definition) is 2. The van der Waals surface area contributed by atoms with E-state index in [1.54, 1.807) is 7.05 Å². The van der Waals surface area contributed by atoms with Crippen molar-refractivity contribution in [2.75, 3.05) is 27.2 Å². The average Bonchev–Trinajstić information content (AvgIpc) is 2.70. The Morgan fingerprint density at radius 2 is 1.93 bits per heavy atom. The topological polar surface area (TPSA) is 56.7 Å². The van der Waals surface area contributed by atoms with Crippen molar-refractivity contribution in [1.82, 2.24) is 15.5 Å². The molecule has 27 heavy (non-hydrogen) atoms. The Morgan fingerprint density at radius 3 is 2.67 bits per heavy atom. The van der Waals surface area contributed by atoms with Crippen LogP contribution in [-0.2, 0) is 19.4 Å². The number of rotatable bonds is 4. The van der Waals surface area contributed by atoms with Crippen LogP contribution in [0.15, 0.2) is 53.5 Å². The lowest BCUT2D eigenvalue weighted by atomic mass is 10.0. The Morgan fingerprint density at radius 1 is 1.15 bits per heavy atom. The van der Waals surface area contributed by atoms with Gasteiger partial charge in [-0.25, -0.2) is 0 Å². The van der Waals surface area contributed by atoms with Gasteiger partial charge in [-0.1, -0.05) is 36.4 Å². The number of aliphatic imine (C=N–C) groups is 1. The number of nitrogens with one attached hydrogen (secondary N) is 2. The molecule has 2 aromatic rings. The highest BCUT2D eigenvalue weighted by Gasteiger charge is 2.18. The third-order valence-electron chi connectivity index (χ3n) is 4.76. The maximum Gasteiger partial charge on any atom is 0.251 e.